The van der Waals surface area contributed by atoms with Gasteiger partial charge in [0, 0.05) is 26.5 Å². The quantitative estimate of drug-likeness (QED) is 0.851. The van der Waals surface area contributed by atoms with Crippen LogP contribution < -0.4 is 4.90 Å². The van der Waals surface area contributed by atoms with E-state index in [2.05, 4.69) is 4.98 Å². The molecule has 0 aliphatic heterocycles. The fourth-order valence-electron chi connectivity index (χ4n) is 1.83. The van der Waals surface area contributed by atoms with Crippen LogP contribution in [0, 0.1) is 23.0 Å². The first-order valence-corrected chi connectivity index (χ1v) is 5.59. The molecule has 2 aromatic rings. The van der Waals surface area contributed by atoms with Crippen LogP contribution in [0.4, 0.5) is 14.5 Å². The molecule has 4 nitrogen and oxygen atoms in total. The Labute approximate surface area is 109 Å². The number of aryl methyl sites for hydroxylation is 1. The molecule has 1 heterocycles. The van der Waals surface area contributed by atoms with E-state index in [4.69, 9.17) is 5.26 Å². The third kappa shape index (κ3) is 2.55. The maximum Gasteiger partial charge on any atom is 0.150 e. The Kier molecular flexibility index (Phi) is 3.47. The van der Waals surface area contributed by atoms with E-state index < -0.39 is 11.6 Å². The number of aromatic nitrogens is 2. The van der Waals surface area contributed by atoms with Gasteiger partial charge in [-0.15, -0.1) is 0 Å². The van der Waals surface area contributed by atoms with Gasteiger partial charge in [0.25, 0.3) is 0 Å². The van der Waals surface area contributed by atoms with Crippen LogP contribution in [0.3, 0.4) is 0 Å². The average molecular weight is 262 g/mol. The zero-order valence-electron chi connectivity index (χ0n) is 10.6. The lowest BCUT2D eigenvalue weighted by atomic mass is 10.2. The topological polar surface area (TPSA) is 44.9 Å². The van der Waals surface area contributed by atoms with Gasteiger partial charge in [0.2, 0.25) is 0 Å². The number of imidazole rings is 1. The van der Waals surface area contributed by atoms with E-state index in [1.807, 2.05) is 7.05 Å². The van der Waals surface area contributed by atoms with Crippen LogP contribution in [0.5, 0.6) is 0 Å². The molecule has 0 aliphatic carbocycles. The SMILES string of the molecule is CN(Cc1nccn1C)c1c(F)cc(C#N)cc1F. The summed E-state index contributed by atoms with van der Waals surface area (Å²) in [7, 11) is 3.38. The summed E-state index contributed by atoms with van der Waals surface area (Å²) in [5.74, 6) is -0.827. The molecule has 0 N–H and O–H groups in total. The van der Waals surface area contributed by atoms with Crippen molar-refractivity contribution < 1.29 is 8.78 Å². The number of rotatable bonds is 3. The highest BCUT2D eigenvalue weighted by atomic mass is 19.1. The van der Waals surface area contributed by atoms with E-state index in [1.165, 1.54) is 4.90 Å². The van der Waals surface area contributed by atoms with Crippen molar-refractivity contribution in [3.05, 3.63) is 47.5 Å². The van der Waals surface area contributed by atoms with Gasteiger partial charge in [0.05, 0.1) is 18.2 Å². The highest BCUT2D eigenvalue weighted by Gasteiger charge is 2.16. The van der Waals surface area contributed by atoms with Crippen LogP contribution in [0.25, 0.3) is 0 Å². The number of halogens is 2. The van der Waals surface area contributed by atoms with Crippen molar-refractivity contribution in [1.82, 2.24) is 9.55 Å². The van der Waals surface area contributed by atoms with Gasteiger partial charge in [0.1, 0.15) is 11.5 Å². The monoisotopic (exact) mass is 262 g/mol. The minimum Gasteiger partial charge on any atom is -0.362 e. The summed E-state index contributed by atoms with van der Waals surface area (Å²) in [6.07, 6.45) is 3.38. The van der Waals surface area contributed by atoms with Crippen molar-refractivity contribution in [1.29, 1.82) is 5.26 Å². The number of nitrogens with zero attached hydrogens (tertiary/aromatic N) is 4. The van der Waals surface area contributed by atoms with E-state index in [-0.39, 0.29) is 17.8 Å². The summed E-state index contributed by atoms with van der Waals surface area (Å²) >= 11 is 0. The van der Waals surface area contributed by atoms with Crippen LogP contribution in [-0.2, 0) is 13.6 Å². The Hall–Kier alpha value is -2.42. The van der Waals surface area contributed by atoms with Gasteiger partial charge in [-0.3, -0.25) is 0 Å². The van der Waals surface area contributed by atoms with Gasteiger partial charge >= 0.3 is 0 Å². The maximum absolute atomic E-state index is 13.8. The number of hydrogen-bond donors (Lipinski definition) is 0. The highest BCUT2D eigenvalue weighted by molar-refractivity contribution is 5.52. The largest absolute Gasteiger partial charge is 0.362 e. The molecule has 0 amide bonds. The standard InChI is InChI=1S/C13H12F2N4/c1-18-4-3-17-12(18)8-19(2)13-10(14)5-9(7-16)6-11(13)15/h3-6H,8H2,1-2H3. The minimum absolute atomic E-state index is 0.0378. The second kappa shape index (κ2) is 5.06. The highest BCUT2D eigenvalue weighted by Crippen LogP contribution is 2.24. The molecule has 0 radical (unpaired) electrons. The molecule has 0 fully saturated rings. The fourth-order valence-corrected chi connectivity index (χ4v) is 1.83. The summed E-state index contributed by atoms with van der Waals surface area (Å²) in [4.78, 5) is 5.52. The number of benzene rings is 1. The molecule has 0 bridgehead atoms. The molecule has 6 heteroatoms. The van der Waals surface area contributed by atoms with Crippen molar-refractivity contribution in [3.8, 4) is 6.07 Å². The van der Waals surface area contributed by atoms with Crippen molar-refractivity contribution in [2.75, 3.05) is 11.9 Å². The third-order valence-electron chi connectivity index (χ3n) is 2.83. The molecular weight excluding hydrogens is 250 g/mol. The van der Waals surface area contributed by atoms with Crippen LogP contribution >= 0.6 is 0 Å². The first-order chi connectivity index (χ1) is 9.02. The Bertz CT molecular complexity index is 619. The molecule has 98 valence electrons. The summed E-state index contributed by atoms with van der Waals surface area (Å²) in [6, 6.07) is 3.76. The van der Waals surface area contributed by atoms with Gasteiger partial charge in [-0.1, -0.05) is 0 Å². The Morgan fingerprint density at radius 2 is 2.00 bits per heavy atom. The van der Waals surface area contributed by atoms with Crippen LogP contribution in [0.15, 0.2) is 24.5 Å². The molecule has 19 heavy (non-hydrogen) atoms. The van der Waals surface area contributed by atoms with Crippen molar-refractivity contribution >= 4 is 5.69 Å². The molecule has 0 atom stereocenters. The molecule has 0 saturated carbocycles. The van der Waals surface area contributed by atoms with Gasteiger partial charge in [-0.25, -0.2) is 13.8 Å². The van der Waals surface area contributed by atoms with Crippen molar-refractivity contribution in [2.45, 2.75) is 6.54 Å². The number of anilines is 1. The van der Waals surface area contributed by atoms with Crippen LogP contribution in [-0.4, -0.2) is 16.6 Å². The first kappa shape index (κ1) is 13.0. The molecule has 0 aliphatic rings. The molecule has 1 aromatic carbocycles. The average Bonchev–Trinajstić information content (AvgIpc) is 2.74. The summed E-state index contributed by atoms with van der Waals surface area (Å²) in [5.41, 5.74) is -0.203. The van der Waals surface area contributed by atoms with Crippen LogP contribution in [0.2, 0.25) is 0 Å². The Morgan fingerprint density at radius 1 is 1.37 bits per heavy atom. The lowest BCUT2D eigenvalue weighted by Gasteiger charge is -2.20. The van der Waals surface area contributed by atoms with E-state index in [0.717, 1.165) is 12.1 Å². The number of hydrogen-bond acceptors (Lipinski definition) is 3. The molecular formula is C13H12F2N4. The predicted molar refractivity (Wildman–Crippen MR) is 66.4 cm³/mol. The lowest BCUT2D eigenvalue weighted by Crippen LogP contribution is -2.21. The second-order valence-corrected chi connectivity index (χ2v) is 4.21. The fraction of sp³-hybridized carbons (Fsp3) is 0.231. The minimum atomic E-state index is -0.756. The van der Waals surface area contributed by atoms with E-state index in [9.17, 15) is 8.78 Å². The van der Waals surface area contributed by atoms with Gasteiger partial charge in [-0.2, -0.15) is 5.26 Å². The molecule has 2 rings (SSSR count). The summed E-state index contributed by atoms with van der Waals surface area (Å²) < 4.78 is 29.4. The lowest BCUT2D eigenvalue weighted by molar-refractivity contribution is 0.573. The van der Waals surface area contributed by atoms with Gasteiger partial charge in [-0.05, 0) is 12.1 Å². The maximum atomic E-state index is 13.8. The normalized spacial score (nSPS) is 10.3. The van der Waals surface area contributed by atoms with E-state index in [0.29, 0.717) is 5.82 Å². The Balaban J connectivity index is 2.32. The van der Waals surface area contributed by atoms with Crippen molar-refractivity contribution in [2.24, 2.45) is 7.05 Å². The molecule has 0 unspecified atom stereocenters. The van der Waals surface area contributed by atoms with Gasteiger partial charge < -0.3 is 9.47 Å². The predicted octanol–water partition coefficient (Wildman–Crippen LogP) is 2.21. The van der Waals surface area contributed by atoms with E-state index in [1.54, 1.807) is 30.1 Å². The smallest absolute Gasteiger partial charge is 0.150 e. The summed E-state index contributed by atoms with van der Waals surface area (Å²) in [6.45, 7) is 0.267. The second-order valence-electron chi connectivity index (χ2n) is 4.21. The number of nitriles is 1. The Morgan fingerprint density at radius 3 is 2.47 bits per heavy atom. The first-order valence-electron chi connectivity index (χ1n) is 5.59. The van der Waals surface area contributed by atoms with Gasteiger partial charge in [0.15, 0.2) is 11.6 Å². The van der Waals surface area contributed by atoms with Crippen LogP contribution in [0.1, 0.15) is 11.4 Å². The molecule has 0 spiro atoms. The third-order valence-corrected chi connectivity index (χ3v) is 2.83. The van der Waals surface area contributed by atoms with E-state index >= 15 is 0 Å². The zero-order chi connectivity index (χ0) is 14.0. The zero-order valence-corrected chi connectivity index (χ0v) is 10.6. The molecule has 1 aromatic heterocycles. The summed E-state index contributed by atoms with van der Waals surface area (Å²) in [5, 5.41) is 8.65. The van der Waals surface area contributed by atoms with Crippen molar-refractivity contribution in [3.63, 3.8) is 0 Å². The molecule has 0 saturated heterocycles.